The lowest BCUT2D eigenvalue weighted by atomic mass is 10.00. The molecule has 0 saturated carbocycles. The molecule has 6 heteroatoms. The molecule has 4 rings (SSSR count). The fourth-order valence-electron chi connectivity index (χ4n) is 3.93. The van der Waals surface area contributed by atoms with Gasteiger partial charge in [-0.25, -0.2) is 0 Å². The second kappa shape index (κ2) is 11.3. The number of aliphatic hydroxyl groups is 1. The van der Waals surface area contributed by atoms with E-state index in [-0.39, 0.29) is 25.1 Å². The van der Waals surface area contributed by atoms with Gasteiger partial charge < -0.3 is 22.3 Å². The van der Waals surface area contributed by atoms with Crippen LogP contribution in [0.3, 0.4) is 0 Å². The quantitative estimate of drug-likeness (QED) is 0.568. The Labute approximate surface area is 200 Å². The minimum atomic E-state index is -0.572. The summed E-state index contributed by atoms with van der Waals surface area (Å²) < 4.78 is 6.20. The fraction of sp³-hybridized carbons (Fsp3) is 0.280. The van der Waals surface area contributed by atoms with E-state index in [1.54, 1.807) is 0 Å². The van der Waals surface area contributed by atoms with Gasteiger partial charge in [0.1, 0.15) is 6.10 Å². The average molecular weight is 478 g/mol. The van der Waals surface area contributed by atoms with E-state index in [1.807, 2.05) is 48.5 Å². The van der Waals surface area contributed by atoms with E-state index in [9.17, 15) is 5.11 Å². The van der Waals surface area contributed by atoms with Crippen LogP contribution in [0, 0.1) is 0 Å². The molecule has 0 saturated heterocycles. The van der Waals surface area contributed by atoms with Gasteiger partial charge in [0.2, 0.25) is 0 Å². The van der Waals surface area contributed by atoms with Crippen molar-refractivity contribution in [3.63, 3.8) is 0 Å². The van der Waals surface area contributed by atoms with Gasteiger partial charge in [-0.15, -0.1) is 0 Å². The Balaban J connectivity index is 0.00000272. The highest BCUT2D eigenvalue weighted by atomic mass is 35.5. The Morgan fingerprint density at radius 1 is 0.839 bits per heavy atom. The molecule has 0 spiro atoms. The Morgan fingerprint density at radius 2 is 1.39 bits per heavy atom. The third kappa shape index (κ3) is 6.45. The van der Waals surface area contributed by atoms with Gasteiger partial charge in [0.25, 0.3) is 0 Å². The standard InChI is InChI=1S/C25H25Cl2NO2.ClH/c26-22-9-5-19(6-10-22)25(20-7-11-23(27)12-8-20)30-17-24(29)16-28-14-13-18-3-1-2-4-21(18)15-28;/h1-12,24-25,29H,13-17H2;1H/p-1. The SMILES string of the molecule is OC(COC(c1ccc(Cl)cc1)c1ccc(Cl)cc1)CN1CCc2ccccc2C1.[Cl-]. The third-order valence-electron chi connectivity index (χ3n) is 5.48. The van der Waals surface area contributed by atoms with E-state index in [0.29, 0.717) is 16.6 Å². The fourth-order valence-corrected chi connectivity index (χ4v) is 4.18. The monoisotopic (exact) mass is 476 g/mol. The highest BCUT2D eigenvalue weighted by Gasteiger charge is 2.21. The summed E-state index contributed by atoms with van der Waals surface area (Å²) in [6.07, 6.45) is 0.149. The van der Waals surface area contributed by atoms with Gasteiger partial charge in [-0.2, -0.15) is 0 Å². The van der Waals surface area contributed by atoms with E-state index in [2.05, 4.69) is 29.2 Å². The molecule has 31 heavy (non-hydrogen) atoms. The number of ether oxygens (including phenoxy) is 1. The minimum Gasteiger partial charge on any atom is -1.00 e. The first-order valence-corrected chi connectivity index (χ1v) is 10.9. The number of fused-ring (bicyclic) bond motifs is 1. The molecule has 0 aromatic heterocycles. The summed E-state index contributed by atoms with van der Waals surface area (Å²) in [5, 5.41) is 12.0. The van der Waals surface area contributed by atoms with Gasteiger partial charge in [0.05, 0.1) is 12.7 Å². The summed E-state index contributed by atoms with van der Waals surface area (Å²) in [6.45, 7) is 2.65. The largest absolute Gasteiger partial charge is 1.00 e. The zero-order valence-electron chi connectivity index (χ0n) is 17.1. The van der Waals surface area contributed by atoms with E-state index >= 15 is 0 Å². The Hall–Kier alpha value is -1.59. The zero-order chi connectivity index (χ0) is 20.9. The number of β-amino-alcohol motifs (C(OH)–C–C–N with tert-alkyl or cyclic N) is 1. The lowest BCUT2D eigenvalue weighted by Crippen LogP contribution is -3.00. The lowest BCUT2D eigenvalue weighted by Gasteiger charge is -2.30. The summed E-state index contributed by atoms with van der Waals surface area (Å²) in [7, 11) is 0. The van der Waals surface area contributed by atoms with Crippen LogP contribution in [0.4, 0.5) is 0 Å². The van der Waals surface area contributed by atoms with Crippen molar-refractivity contribution < 1.29 is 22.3 Å². The maximum Gasteiger partial charge on any atom is 0.108 e. The van der Waals surface area contributed by atoms with Crippen molar-refractivity contribution in [3.8, 4) is 0 Å². The highest BCUT2D eigenvalue weighted by Crippen LogP contribution is 2.28. The molecule has 3 nitrogen and oxygen atoms in total. The maximum atomic E-state index is 10.7. The molecular weight excluding hydrogens is 453 g/mol. The van der Waals surface area contributed by atoms with Crippen molar-refractivity contribution in [2.75, 3.05) is 19.7 Å². The number of rotatable bonds is 7. The maximum absolute atomic E-state index is 10.7. The molecule has 0 aliphatic carbocycles. The first kappa shape index (κ1) is 24.1. The third-order valence-corrected chi connectivity index (χ3v) is 5.98. The van der Waals surface area contributed by atoms with Gasteiger partial charge in [0.15, 0.2) is 0 Å². The molecular formula is C25H25Cl3NO2-. The predicted molar refractivity (Wildman–Crippen MR) is 122 cm³/mol. The second-order valence-electron chi connectivity index (χ2n) is 7.72. The summed E-state index contributed by atoms with van der Waals surface area (Å²) in [6, 6.07) is 23.7. The predicted octanol–water partition coefficient (Wildman–Crippen LogP) is 2.52. The van der Waals surface area contributed by atoms with Gasteiger partial charge in [0, 0.05) is 29.7 Å². The number of hydrogen-bond acceptors (Lipinski definition) is 3. The Bertz CT molecular complexity index is 918. The van der Waals surface area contributed by atoms with Crippen LogP contribution in [0.25, 0.3) is 0 Å². The topological polar surface area (TPSA) is 32.7 Å². The lowest BCUT2D eigenvalue weighted by molar-refractivity contribution is -0.0101. The highest BCUT2D eigenvalue weighted by molar-refractivity contribution is 6.30. The number of halogens is 3. The zero-order valence-corrected chi connectivity index (χ0v) is 19.3. The number of benzene rings is 3. The molecule has 1 N–H and O–H groups in total. The van der Waals surface area contributed by atoms with E-state index in [4.69, 9.17) is 27.9 Å². The van der Waals surface area contributed by atoms with E-state index < -0.39 is 6.10 Å². The normalized spacial score (nSPS) is 14.7. The van der Waals surface area contributed by atoms with Gasteiger partial charge in [-0.1, -0.05) is 71.7 Å². The molecule has 0 amide bonds. The molecule has 0 bridgehead atoms. The van der Waals surface area contributed by atoms with Crippen LogP contribution in [0.5, 0.6) is 0 Å². The number of aliphatic hydroxyl groups excluding tert-OH is 1. The molecule has 3 aromatic rings. The van der Waals surface area contributed by atoms with Crippen molar-refractivity contribution in [2.45, 2.75) is 25.2 Å². The Morgan fingerprint density at radius 3 is 1.97 bits per heavy atom. The molecule has 0 radical (unpaired) electrons. The molecule has 3 aromatic carbocycles. The summed E-state index contributed by atoms with van der Waals surface area (Å²) in [5.41, 5.74) is 4.73. The molecule has 1 heterocycles. The number of nitrogens with zero attached hydrogens (tertiary/aromatic N) is 1. The summed E-state index contributed by atoms with van der Waals surface area (Å²) >= 11 is 12.1. The van der Waals surface area contributed by atoms with Gasteiger partial charge in [-0.3, -0.25) is 4.90 Å². The molecule has 164 valence electrons. The van der Waals surface area contributed by atoms with E-state index in [0.717, 1.165) is 30.6 Å². The van der Waals surface area contributed by atoms with Crippen molar-refractivity contribution in [1.82, 2.24) is 4.90 Å². The summed E-state index contributed by atoms with van der Waals surface area (Å²) in [5.74, 6) is 0. The first-order chi connectivity index (χ1) is 14.6. The van der Waals surface area contributed by atoms with Crippen molar-refractivity contribution >= 4 is 23.2 Å². The van der Waals surface area contributed by atoms with Crippen LogP contribution in [-0.2, 0) is 17.7 Å². The van der Waals surface area contributed by atoms with Crippen LogP contribution in [0.1, 0.15) is 28.4 Å². The smallest absolute Gasteiger partial charge is 0.108 e. The first-order valence-electron chi connectivity index (χ1n) is 10.2. The van der Waals surface area contributed by atoms with Crippen LogP contribution < -0.4 is 12.4 Å². The minimum absolute atomic E-state index is 0. The van der Waals surface area contributed by atoms with Gasteiger partial charge in [-0.05, 0) is 52.9 Å². The molecule has 1 aliphatic heterocycles. The molecule has 1 atom stereocenters. The van der Waals surface area contributed by atoms with Crippen LogP contribution >= 0.6 is 23.2 Å². The summed E-state index contributed by atoms with van der Waals surface area (Å²) in [4.78, 5) is 2.29. The van der Waals surface area contributed by atoms with Crippen molar-refractivity contribution in [3.05, 3.63) is 105 Å². The Kier molecular flexibility index (Phi) is 8.79. The number of hydrogen-bond donors (Lipinski definition) is 1. The second-order valence-corrected chi connectivity index (χ2v) is 8.60. The van der Waals surface area contributed by atoms with E-state index in [1.165, 1.54) is 11.1 Å². The molecule has 0 fully saturated rings. The van der Waals surface area contributed by atoms with Crippen LogP contribution in [-0.4, -0.2) is 35.8 Å². The van der Waals surface area contributed by atoms with Gasteiger partial charge >= 0.3 is 0 Å². The molecule has 1 aliphatic rings. The van der Waals surface area contributed by atoms with Crippen LogP contribution in [0.2, 0.25) is 10.0 Å². The molecule has 1 unspecified atom stereocenters. The van der Waals surface area contributed by atoms with Crippen molar-refractivity contribution in [2.24, 2.45) is 0 Å². The van der Waals surface area contributed by atoms with Crippen molar-refractivity contribution in [1.29, 1.82) is 0 Å². The average Bonchev–Trinajstić information content (AvgIpc) is 2.76. The van der Waals surface area contributed by atoms with Crippen LogP contribution in [0.15, 0.2) is 72.8 Å².